The summed E-state index contributed by atoms with van der Waals surface area (Å²) in [7, 11) is 0. The van der Waals surface area contributed by atoms with Gasteiger partial charge in [0.2, 0.25) is 0 Å². The predicted molar refractivity (Wildman–Crippen MR) is 71.9 cm³/mol. The second-order valence-electron chi connectivity index (χ2n) is 6.02. The second kappa shape index (κ2) is 7.66. The number of aliphatic hydroxyl groups is 8. The summed E-state index contributed by atoms with van der Waals surface area (Å²) in [6.45, 7) is -1.07. The van der Waals surface area contributed by atoms with Gasteiger partial charge in [-0.15, -0.1) is 0 Å². The van der Waals surface area contributed by atoms with Crippen molar-refractivity contribution >= 4 is 0 Å². The molecule has 2 rings (SSSR count). The molecule has 0 radical (unpaired) electrons. The summed E-state index contributed by atoms with van der Waals surface area (Å²) in [4.78, 5) is 0. The van der Waals surface area contributed by atoms with E-state index < -0.39 is 74.3 Å². The maximum atomic E-state index is 9.96. The molecular weight excluding hydrogens is 316 g/mol. The van der Waals surface area contributed by atoms with Gasteiger partial charge >= 0.3 is 0 Å². The van der Waals surface area contributed by atoms with Crippen LogP contribution in [0, 0.1) is 5.92 Å². The van der Waals surface area contributed by atoms with Crippen molar-refractivity contribution in [3.63, 3.8) is 0 Å². The highest BCUT2D eigenvalue weighted by Crippen LogP contribution is 2.31. The van der Waals surface area contributed by atoms with E-state index in [0.29, 0.717) is 0 Å². The topological polar surface area (TPSA) is 180 Å². The summed E-state index contributed by atoms with van der Waals surface area (Å²) < 4.78 is 10.5. The third-order valence-electron chi connectivity index (χ3n) is 4.49. The molecule has 8 N–H and O–H groups in total. The summed E-state index contributed by atoms with van der Waals surface area (Å²) in [6, 6.07) is 0. The highest BCUT2D eigenvalue weighted by molar-refractivity contribution is 4.95. The predicted octanol–water partition coefficient (Wildman–Crippen LogP) is -4.73. The van der Waals surface area contributed by atoms with Crippen LogP contribution in [0.15, 0.2) is 0 Å². The molecule has 5 unspecified atom stereocenters. The van der Waals surface area contributed by atoms with Crippen LogP contribution in [0.5, 0.6) is 0 Å². The molecule has 0 aromatic carbocycles. The summed E-state index contributed by atoms with van der Waals surface area (Å²) in [5.41, 5.74) is 0. The van der Waals surface area contributed by atoms with E-state index in [1.165, 1.54) is 0 Å². The summed E-state index contributed by atoms with van der Waals surface area (Å²) >= 11 is 0. The van der Waals surface area contributed by atoms with Crippen LogP contribution in [0.2, 0.25) is 0 Å². The van der Waals surface area contributed by atoms with Crippen molar-refractivity contribution in [2.45, 2.75) is 61.5 Å². The molecule has 10 heteroatoms. The van der Waals surface area contributed by atoms with Gasteiger partial charge in [0, 0.05) is 12.5 Å². The molecule has 10 nitrogen and oxygen atoms in total. The number of rotatable bonds is 4. The minimum absolute atomic E-state index is 0.0229. The van der Waals surface area contributed by atoms with Crippen molar-refractivity contribution in [2.24, 2.45) is 5.92 Å². The smallest absolute Gasteiger partial charge is 0.187 e. The van der Waals surface area contributed by atoms with Crippen LogP contribution in [-0.2, 0) is 9.47 Å². The molecule has 0 aromatic rings. The maximum absolute atomic E-state index is 9.96. The Balaban J connectivity index is 2.07. The van der Waals surface area contributed by atoms with Crippen molar-refractivity contribution in [1.29, 1.82) is 0 Å². The SMILES string of the molecule is OCC1C[C@@H](O[C@H]2OC(CO)[C@@H](O)[C@H](O)C2O)C(O)C(O)[C@@H]1O. The Morgan fingerprint density at radius 1 is 0.739 bits per heavy atom. The van der Waals surface area contributed by atoms with Crippen molar-refractivity contribution in [1.82, 2.24) is 0 Å². The standard InChI is InChI=1S/C13H24O10/c14-2-4-1-5(8(17)10(19)7(4)16)22-13-12(21)11(20)9(18)6(3-15)23-13/h4-21H,1-3H2/t4?,5-,6?,7-,8?,9-,10?,11+,12?,13+/m1/s1. The average molecular weight is 340 g/mol. The Morgan fingerprint density at radius 2 is 1.35 bits per heavy atom. The number of hydrogen-bond acceptors (Lipinski definition) is 10. The van der Waals surface area contributed by atoms with Crippen molar-refractivity contribution in [3.8, 4) is 0 Å². The highest BCUT2D eigenvalue weighted by Gasteiger charge is 2.48. The van der Waals surface area contributed by atoms with Gasteiger partial charge in [-0.05, 0) is 6.42 Å². The minimum Gasteiger partial charge on any atom is -0.396 e. The lowest BCUT2D eigenvalue weighted by molar-refractivity contribution is -0.326. The molecular formula is C13H24O10. The molecule has 10 atom stereocenters. The van der Waals surface area contributed by atoms with E-state index in [4.69, 9.17) is 14.6 Å². The molecule has 0 aromatic heterocycles. The van der Waals surface area contributed by atoms with Crippen LogP contribution in [0.3, 0.4) is 0 Å². The number of ether oxygens (including phenoxy) is 2. The molecule has 2 aliphatic rings. The van der Waals surface area contributed by atoms with Gasteiger partial charge in [-0.2, -0.15) is 0 Å². The minimum atomic E-state index is -1.64. The molecule has 1 saturated carbocycles. The van der Waals surface area contributed by atoms with Crippen molar-refractivity contribution < 1.29 is 50.3 Å². The third-order valence-corrected chi connectivity index (χ3v) is 4.49. The molecule has 2 fully saturated rings. The normalized spacial score (nSPS) is 51.7. The molecule has 0 spiro atoms. The van der Waals surface area contributed by atoms with Crippen LogP contribution >= 0.6 is 0 Å². The van der Waals surface area contributed by atoms with Gasteiger partial charge in [0.15, 0.2) is 6.29 Å². The maximum Gasteiger partial charge on any atom is 0.187 e. The Morgan fingerprint density at radius 3 is 1.91 bits per heavy atom. The van der Waals surface area contributed by atoms with Crippen LogP contribution in [0.1, 0.15) is 6.42 Å². The molecule has 0 amide bonds. The third kappa shape index (κ3) is 3.66. The Labute approximate surface area is 132 Å². The average Bonchev–Trinajstić information content (AvgIpc) is 2.55. The van der Waals surface area contributed by atoms with Crippen molar-refractivity contribution in [2.75, 3.05) is 13.2 Å². The zero-order chi connectivity index (χ0) is 17.3. The monoisotopic (exact) mass is 340 g/mol. The molecule has 23 heavy (non-hydrogen) atoms. The first kappa shape index (κ1) is 18.9. The van der Waals surface area contributed by atoms with Gasteiger partial charge in [-0.3, -0.25) is 0 Å². The second-order valence-corrected chi connectivity index (χ2v) is 6.02. The first-order chi connectivity index (χ1) is 10.8. The van der Waals surface area contributed by atoms with E-state index in [0.717, 1.165) is 0 Å². The van der Waals surface area contributed by atoms with E-state index in [9.17, 15) is 35.7 Å². The number of hydrogen-bond donors (Lipinski definition) is 8. The molecule has 1 saturated heterocycles. The Bertz CT molecular complexity index is 344. The van der Waals surface area contributed by atoms with Gasteiger partial charge in [0.05, 0.1) is 18.8 Å². The Hall–Kier alpha value is -0.400. The largest absolute Gasteiger partial charge is 0.396 e. The molecule has 1 aliphatic heterocycles. The number of aliphatic hydroxyl groups excluding tert-OH is 8. The van der Waals surface area contributed by atoms with Crippen LogP contribution in [-0.4, -0.2) is 109 Å². The van der Waals surface area contributed by atoms with Crippen LogP contribution in [0.25, 0.3) is 0 Å². The fourth-order valence-corrected chi connectivity index (χ4v) is 2.95. The van der Waals surface area contributed by atoms with Gasteiger partial charge in [0.1, 0.15) is 36.6 Å². The lowest BCUT2D eigenvalue weighted by atomic mass is 9.81. The zero-order valence-electron chi connectivity index (χ0n) is 12.3. The van der Waals surface area contributed by atoms with E-state index in [1.807, 2.05) is 0 Å². The quantitative estimate of drug-likeness (QED) is 0.247. The lowest BCUT2D eigenvalue weighted by Crippen LogP contribution is -2.62. The highest BCUT2D eigenvalue weighted by atomic mass is 16.7. The summed E-state index contributed by atoms with van der Waals surface area (Å²) in [5.74, 6) is -0.747. The fraction of sp³-hybridized carbons (Fsp3) is 1.00. The summed E-state index contributed by atoms with van der Waals surface area (Å²) in [5, 5.41) is 77.1. The zero-order valence-corrected chi connectivity index (χ0v) is 12.3. The fourth-order valence-electron chi connectivity index (χ4n) is 2.95. The van der Waals surface area contributed by atoms with Crippen molar-refractivity contribution in [3.05, 3.63) is 0 Å². The summed E-state index contributed by atoms with van der Waals surface area (Å²) in [6.07, 6.45) is -12.9. The molecule has 0 bridgehead atoms. The van der Waals surface area contributed by atoms with Gasteiger partial charge in [-0.1, -0.05) is 0 Å². The molecule has 1 aliphatic carbocycles. The van der Waals surface area contributed by atoms with E-state index in [2.05, 4.69) is 0 Å². The molecule has 136 valence electrons. The van der Waals surface area contributed by atoms with Crippen LogP contribution < -0.4 is 0 Å². The first-order valence-corrected chi connectivity index (χ1v) is 7.42. The van der Waals surface area contributed by atoms with Crippen LogP contribution in [0.4, 0.5) is 0 Å². The Kier molecular flexibility index (Phi) is 6.30. The van der Waals surface area contributed by atoms with E-state index >= 15 is 0 Å². The first-order valence-electron chi connectivity index (χ1n) is 7.42. The lowest BCUT2D eigenvalue weighted by Gasteiger charge is -2.44. The van der Waals surface area contributed by atoms with Gasteiger partial charge in [-0.25, -0.2) is 0 Å². The molecule has 1 heterocycles. The van der Waals surface area contributed by atoms with Gasteiger partial charge < -0.3 is 50.3 Å². The van der Waals surface area contributed by atoms with Gasteiger partial charge in [0.25, 0.3) is 0 Å². The van der Waals surface area contributed by atoms with E-state index in [-0.39, 0.29) is 6.42 Å². The van der Waals surface area contributed by atoms with E-state index in [1.54, 1.807) is 0 Å².